The Hall–Kier alpha value is -2.34. The minimum absolute atomic E-state index is 0.0302. The molecule has 0 atom stereocenters. The minimum atomic E-state index is -0.0302. The first-order valence-corrected chi connectivity index (χ1v) is 8.21. The van der Waals surface area contributed by atoms with Gasteiger partial charge in [-0.2, -0.15) is 5.10 Å². The highest BCUT2D eigenvalue weighted by Crippen LogP contribution is 2.21. The van der Waals surface area contributed by atoms with Crippen molar-refractivity contribution in [1.82, 2.24) is 20.4 Å². The van der Waals surface area contributed by atoms with Gasteiger partial charge in [-0.25, -0.2) is 0 Å². The average Bonchev–Trinajstić information content (AvgIpc) is 2.82. The number of hydrogen-bond acceptors (Lipinski definition) is 4. The first-order valence-electron chi connectivity index (χ1n) is 8.21. The smallest absolute Gasteiger partial charge is 0.251 e. The Morgan fingerprint density at radius 2 is 2.04 bits per heavy atom. The van der Waals surface area contributed by atoms with E-state index in [1.807, 2.05) is 63.9 Å². The van der Waals surface area contributed by atoms with E-state index < -0.39 is 0 Å². The summed E-state index contributed by atoms with van der Waals surface area (Å²) in [7, 11) is 6.01. The molecule has 24 heavy (non-hydrogen) atoms. The highest BCUT2D eigenvalue weighted by molar-refractivity contribution is 5.94. The quantitative estimate of drug-likeness (QED) is 0.814. The van der Waals surface area contributed by atoms with Gasteiger partial charge in [-0.15, -0.1) is 0 Å². The number of anilines is 1. The fraction of sp³-hybridized carbons (Fsp3) is 0.444. The van der Waals surface area contributed by atoms with Gasteiger partial charge < -0.3 is 15.5 Å². The van der Waals surface area contributed by atoms with Crippen LogP contribution < -0.4 is 15.5 Å². The number of hydrogen-bond donors (Lipinski definition) is 2. The Morgan fingerprint density at radius 1 is 1.29 bits per heavy atom. The topological polar surface area (TPSA) is 62.2 Å². The molecule has 1 amide bonds. The molecule has 1 aromatic heterocycles. The van der Waals surface area contributed by atoms with Gasteiger partial charge in [0.2, 0.25) is 0 Å². The first-order chi connectivity index (χ1) is 11.4. The van der Waals surface area contributed by atoms with Crippen molar-refractivity contribution in [2.75, 3.05) is 25.5 Å². The number of nitrogens with zero attached hydrogens (tertiary/aromatic N) is 3. The van der Waals surface area contributed by atoms with Crippen LogP contribution in [0.5, 0.6) is 0 Å². The van der Waals surface area contributed by atoms with Crippen molar-refractivity contribution >= 4 is 11.7 Å². The van der Waals surface area contributed by atoms with Gasteiger partial charge in [-0.05, 0) is 31.5 Å². The first kappa shape index (κ1) is 18.0. The summed E-state index contributed by atoms with van der Waals surface area (Å²) < 4.78 is 1.90. The molecule has 2 N–H and O–H groups in total. The zero-order valence-corrected chi connectivity index (χ0v) is 15.2. The maximum atomic E-state index is 11.9. The van der Waals surface area contributed by atoms with Crippen molar-refractivity contribution in [3.63, 3.8) is 0 Å². The molecule has 0 aliphatic rings. The summed E-state index contributed by atoms with van der Waals surface area (Å²) in [5.41, 5.74) is 4.02. The van der Waals surface area contributed by atoms with Gasteiger partial charge in [0, 0.05) is 51.9 Å². The zero-order valence-electron chi connectivity index (χ0n) is 15.2. The molecule has 0 radical (unpaired) electrons. The van der Waals surface area contributed by atoms with Crippen LogP contribution in [0.1, 0.15) is 34.1 Å². The largest absolute Gasteiger partial charge is 0.363 e. The lowest BCUT2D eigenvalue weighted by Gasteiger charge is -2.15. The van der Waals surface area contributed by atoms with E-state index in [-0.39, 0.29) is 5.91 Å². The Morgan fingerprint density at radius 3 is 2.71 bits per heavy atom. The van der Waals surface area contributed by atoms with Gasteiger partial charge in [0.15, 0.2) is 0 Å². The summed E-state index contributed by atoms with van der Waals surface area (Å²) in [5.74, 6) is 1.08. The van der Waals surface area contributed by atoms with Crippen LogP contribution in [0.3, 0.4) is 0 Å². The van der Waals surface area contributed by atoms with Crippen molar-refractivity contribution in [3.8, 4) is 0 Å². The Labute approximate surface area is 143 Å². The van der Waals surface area contributed by atoms with Crippen molar-refractivity contribution in [1.29, 1.82) is 0 Å². The average molecular weight is 329 g/mol. The maximum Gasteiger partial charge on any atom is 0.251 e. The van der Waals surface area contributed by atoms with E-state index in [1.54, 1.807) is 0 Å². The van der Waals surface area contributed by atoms with Crippen molar-refractivity contribution in [2.24, 2.45) is 7.05 Å². The second-order valence-electron chi connectivity index (χ2n) is 6.07. The summed E-state index contributed by atoms with van der Waals surface area (Å²) in [6.45, 7) is 6.02. The van der Waals surface area contributed by atoms with Gasteiger partial charge in [0.05, 0.1) is 5.69 Å². The third kappa shape index (κ3) is 4.14. The predicted octanol–water partition coefficient (Wildman–Crippen LogP) is 1.83. The van der Waals surface area contributed by atoms with E-state index >= 15 is 0 Å². The normalized spacial score (nSPS) is 10.7. The molecule has 6 heteroatoms. The van der Waals surface area contributed by atoms with Gasteiger partial charge >= 0.3 is 0 Å². The third-order valence-corrected chi connectivity index (χ3v) is 3.89. The highest BCUT2D eigenvalue weighted by atomic mass is 16.1. The van der Waals surface area contributed by atoms with E-state index in [9.17, 15) is 4.79 Å². The van der Waals surface area contributed by atoms with Gasteiger partial charge in [-0.1, -0.05) is 12.1 Å². The number of amides is 1. The molecule has 2 aromatic rings. The van der Waals surface area contributed by atoms with Crippen molar-refractivity contribution < 1.29 is 4.79 Å². The van der Waals surface area contributed by atoms with Gasteiger partial charge in [0.1, 0.15) is 5.82 Å². The molecule has 1 aromatic carbocycles. The van der Waals surface area contributed by atoms with Crippen LogP contribution in [0.15, 0.2) is 24.3 Å². The highest BCUT2D eigenvalue weighted by Gasteiger charge is 2.14. The molecule has 6 nitrogen and oxygen atoms in total. The third-order valence-electron chi connectivity index (χ3n) is 3.89. The molecule has 0 spiro atoms. The summed E-state index contributed by atoms with van der Waals surface area (Å²) in [6, 6.07) is 7.71. The summed E-state index contributed by atoms with van der Waals surface area (Å²) in [4.78, 5) is 14.0. The molecule has 0 aliphatic carbocycles. The molecule has 130 valence electrons. The molecule has 2 rings (SSSR count). The number of carbonyl (C=O) groups excluding carboxylic acids is 1. The number of rotatable bonds is 7. The fourth-order valence-electron chi connectivity index (χ4n) is 2.87. The number of aryl methyl sites for hydroxylation is 2. The van der Waals surface area contributed by atoms with E-state index in [0.717, 1.165) is 23.6 Å². The Kier molecular flexibility index (Phi) is 5.98. The zero-order chi connectivity index (χ0) is 17.7. The number of carbonyl (C=O) groups is 1. The monoisotopic (exact) mass is 329 g/mol. The van der Waals surface area contributed by atoms with Crippen molar-refractivity contribution in [2.45, 2.75) is 26.9 Å². The van der Waals surface area contributed by atoms with E-state index in [0.29, 0.717) is 18.7 Å². The van der Waals surface area contributed by atoms with Crippen LogP contribution in [-0.2, 0) is 20.1 Å². The molecule has 0 bridgehead atoms. The van der Waals surface area contributed by atoms with Crippen LogP contribution in [0, 0.1) is 6.92 Å². The predicted molar refractivity (Wildman–Crippen MR) is 97.3 cm³/mol. The van der Waals surface area contributed by atoms with Crippen LogP contribution in [0.2, 0.25) is 0 Å². The fourth-order valence-corrected chi connectivity index (χ4v) is 2.87. The molecule has 0 unspecified atom stereocenters. The second-order valence-corrected chi connectivity index (χ2v) is 6.07. The number of aromatic nitrogens is 2. The maximum absolute atomic E-state index is 11.9. The molecule has 0 fully saturated rings. The molecule has 1 heterocycles. The standard InChI is InChI=1S/C18H27N5O/c1-6-20-17(24)15-9-7-8-14(10-15)11-19-12-16-13(2)21-23(5)18(16)22(3)4/h7-10,19H,6,11-12H2,1-5H3,(H,20,24). The number of nitrogens with one attached hydrogen (secondary N) is 2. The Balaban J connectivity index is 2.03. The van der Waals surface area contributed by atoms with E-state index in [1.165, 1.54) is 5.56 Å². The minimum Gasteiger partial charge on any atom is -0.363 e. The molecular formula is C18H27N5O. The summed E-state index contributed by atoms with van der Waals surface area (Å²) in [5, 5.41) is 10.8. The van der Waals surface area contributed by atoms with Gasteiger partial charge in [-0.3, -0.25) is 9.48 Å². The SMILES string of the molecule is CCNC(=O)c1cccc(CNCc2c(C)nn(C)c2N(C)C)c1. The molecule has 0 saturated heterocycles. The van der Waals surface area contributed by atoms with Crippen LogP contribution in [0.4, 0.5) is 5.82 Å². The van der Waals surface area contributed by atoms with Gasteiger partial charge in [0.25, 0.3) is 5.91 Å². The van der Waals surface area contributed by atoms with E-state index in [4.69, 9.17) is 0 Å². The number of benzene rings is 1. The lowest BCUT2D eigenvalue weighted by Crippen LogP contribution is -2.23. The summed E-state index contributed by atoms with van der Waals surface area (Å²) >= 11 is 0. The van der Waals surface area contributed by atoms with Crippen molar-refractivity contribution in [3.05, 3.63) is 46.6 Å². The Bertz CT molecular complexity index is 705. The second kappa shape index (κ2) is 7.97. The molecule has 0 aliphatic heterocycles. The lowest BCUT2D eigenvalue weighted by molar-refractivity contribution is 0.0955. The van der Waals surface area contributed by atoms with Crippen LogP contribution in [0.25, 0.3) is 0 Å². The van der Waals surface area contributed by atoms with Crippen LogP contribution in [-0.4, -0.2) is 36.3 Å². The lowest BCUT2D eigenvalue weighted by atomic mass is 10.1. The molecule has 0 saturated carbocycles. The summed E-state index contributed by atoms with van der Waals surface area (Å²) in [6.07, 6.45) is 0. The van der Waals surface area contributed by atoms with Crippen LogP contribution >= 0.6 is 0 Å². The molecular weight excluding hydrogens is 302 g/mol. The van der Waals surface area contributed by atoms with E-state index in [2.05, 4.69) is 20.6 Å².